The van der Waals surface area contributed by atoms with Gasteiger partial charge in [-0.05, 0) is 30.6 Å². The van der Waals surface area contributed by atoms with E-state index in [-0.39, 0.29) is 5.78 Å². The zero-order valence-electron chi connectivity index (χ0n) is 8.70. The van der Waals surface area contributed by atoms with Crippen molar-refractivity contribution >= 4 is 5.78 Å². The minimum atomic E-state index is -0.902. The van der Waals surface area contributed by atoms with Gasteiger partial charge in [-0.2, -0.15) is 0 Å². The molecule has 1 aliphatic rings. The van der Waals surface area contributed by atoms with E-state index in [1.165, 1.54) is 25.3 Å². The van der Waals surface area contributed by atoms with E-state index in [9.17, 15) is 9.90 Å². The maximum absolute atomic E-state index is 10.9. The van der Waals surface area contributed by atoms with Crippen LogP contribution in [-0.4, -0.2) is 17.0 Å². The van der Waals surface area contributed by atoms with Gasteiger partial charge in [0.1, 0.15) is 6.10 Å². The average Bonchev–Trinajstić information content (AvgIpc) is 2.18. The summed E-state index contributed by atoms with van der Waals surface area (Å²) in [5.41, 5.74) is 1.09. The second-order valence-electron chi connectivity index (χ2n) is 3.73. The van der Waals surface area contributed by atoms with Crippen molar-refractivity contribution in [2.45, 2.75) is 45.1 Å². The van der Waals surface area contributed by atoms with Gasteiger partial charge in [-0.1, -0.05) is 32.3 Å². The number of carbonyl (C=O) groups is 1. The summed E-state index contributed by atoms with van der Waals surface area (Å²) in [6.45, 7) is 2.18. The van der Waals surface area contributed by atoms with Crippen molar-refractivity contribution in [3.05, 3.63) is 23.8 Å². The minimum absolute atomic E-state index is 0.206. The molecule has 78 valence electrons. The minimum Gasteiger partial charge on any atom is -0.381 e. The van der Waals surface area contributed by atoms with Crippen LogP contribution in [0.5, 0.6) is 0 Å². The first-order valence-electron chi connectivity index (χ1n) is 5.34. The number of aliphatic hydroxyl groups excluding tert-OH is 1. The zero-order chi connectivity index (χ0) is 10.4. The lowest BCUT2D eigenvalue weighted by atomic mass is 9.99. The molecule has 0 bridgehead atoms. The lowest BCUT2D eigenvalue weighted by Crippen LogP contribution is -2.18. The van der Waals surface area contributed by atoms with Crippen molar-refractivity contribution in [1.29, 1.82) is 0 Å². The Balaban J connectivity index is 2.29. The first kappa shape index (κ1) is 11.2. The monoisotopic (exact) mass is 194 g/mol. The Bertz CT molecular complexity index is 251. The van der Waals surface area contributed by atoms with E-state index in [1.807, 2.05) is 6.08 Å². The van der Waals surface area contributed by atoms with E-state index in [0.29, 0.717) is 0 Å². The van der Waals surface area contributed by atoms with Crippen molar-refractivity contribution in [1.82, 2.24) is 0 Å². The van der Waals surface area contributed by atoms with E-state index < -0.39 is 6.10 Å². The van der Waals surface area contributed by atoms with Gasteiger partial charge in [-0.3, -0.25) is 4.79 Å². The zero-order valence-corrected chi connectivity index (χ0v) is 8.70. The summed E-state index contributed by atoms with van der Waals surface area (Å²) in [5, 5.41) is 9.27. The molecule has 0 aromatic rings. The van der Waals surface area contributed by atoms with Crippen LogP contribution < -0.4 is 0 Å². The molecule has 1 unspecified atom stereocenters. The van der Waals surface area contributed by atoms with Gasteiger partial charge < -0.3 is 5.11 Å². The fourth-order valence-electron chi connectivity index (χ4n) is 1.55. The number of unbranched alkanes of at least 4 members (excludes halogenated alkanes) is 3. The predicted octanol–water partition coefficient (Wildman–Crippen LogP) is 2.38. The van der Waals surface area contributed by atoms with Gasteiger partial charge >= 0.3 is 0 Å². The summed E-state index contributed by atoms with van der Waals surface area (Å²) in [4.78, 5) is 10.9. The van der Waals surface area contributed by atoms with Gasteiger partial charge in [0.05, 0.1) is 0 Å². The molecule has 0 aromatic carbocycles. The standard InChI is InChI=1S/C12H18O2/c1-2-3-4-5-6-10-7-8-11(13)12(14)9-10/h7-9,12,14H,2-6H2,1H3. The van der Waals surface area contributed by atoms with Crippen LogP contribution in [-0.2, 0) is 4.79 Å². The number of hydrogen-bond acceptors (Lipinski definition) is 2. The van der Waals surface area contributed by atoms with Crippen LogP contribution in [0.1, 0.15) is 39.0 Å². The molecule has 0 aromatic heterocycles. The Morgan fingerprint density at radius 1 is 1.29 bits per heavy atom. The maximum Gasteiger partial charge on any atom is 0.188 e. The quantitative estimate of drug-likeness (QED) is 0.682. The molecule has 1 aliphatic carbocycles. The van der Waals surface area contributed by atoms with Crippen molar-refractivity contribution in [3.8, 4) is 0 Å². The fourth-order valence-corrected chi connectivity index (χ4v) is 1.55. The molecular weight excluding hydrogens is 176 g/mol. The molecule has 2 heteroatoms. The number of aliphatic hydroxyl groups is 1. The van der Waals surface area contributed by atoms with Gasteiger partial charge in [0.15, 0.2) is 5.78 Å². The highest BCUT2D eigenvalue weighted by atomic mass is 16.3. The van der Waals surface area contributed by atoms with E-state index in [4.69, 9.17) is 0 Å². The number of rotatable bonds is 5. The highest BCUT2D eigenvalue weighted by Gasteiger charge is 2.13. The van der Waals surface area contributed by atoms with E-state index in [2.05, 4.69) is 6.92 Å². The molecule has 0 fully saturated rings. The summed E-state index contributed by atoms with van der Waals surface area (Å²) in [7, 11) is 0. The number of allylic oxidation sites excluding steroid dienone is 2. The SMILES string of the molecule is CCCCCCC1=CC(O)C(=O)C=C1. The van der Waals surface area contributed by atoms with E-state index >= 15 is 0 Å². The topological polar surface area (TPSA) is 37.3 Å². The molecule has 0 saturated heterocycles. The van der Waals surface area contributed by atoms with Crippen LogP contribution in [0.2, 0.25) is 0 Å². The van der Waals surface area contributed by atoms with Crippen LogP contribution in [0.4, 0.5) is 0 Å². The van der Waals surface area contributed by atoms with Crippen molar-refractivity contribution in [2.24, 2.45) is 0 Å². The number of ketones is 1. The summed E-state index contributed by atoms with van der Waals surface area (Å²) in [5.74, 6) is -0.206. The van der Waals surface area contributed by atoms with Gasteiger partial charge in [-0.25, -0.2) is 0 Å². The maximum atomic E-state index is 10.9. The largest absolute Gasteiger partial charge is 0.381 e. The highest BCUT2D eigenvalue weighted by molar-refractivity contribution is 5.96. The van der Waals surface area contributed by atoms with Gasteiger partial charge in [0, 0.05) is 0 Å². The predicted molar refractivity (Wildman–Crippen MR) is 57.0 cm³/mol. The van der Waals surface area contributed by atoms with Crippen LogP contribution in [0.15, 0.2) is 23.8 Å². The Morgan fingerprint density at radius 2 is 2.07 bits per heavy atom. The second kappa shape index (κ2) is 5.76. The molecule has 1 N–H and O–H groups in total. The van der Waals surface area contributed by atoms with E-state index in [1.54, 1.807) is 6.08 Å². The molecule has 0 aliphatic heterocycles. The van der Waals surface area contributed by atoms with Gasteiger partial charge in [0.2, 0.25) is 0 Å². The van der Waals surface area contributed by atoms with Crippen LogP contribution in [0, 0.1) is 0 Å². The summed E-state index contributed by atoms with van der Waals surface area (Å²) >= 11 is 0. The molecule has 0 spiro atoms. The van der Waals surface area contributed by atoms with Crippen LogP contribution >= 0.6 is 0 Å². The highest BCUT2D eigenvalue weighted by Crippen LogP contribution is 2.15. The van der Waals surface area contributed by atoms with E-state index in [0.717, 1.165) is 18.4 Å². The molecule has 14 heavy (non-hydrogen) atoms. The molecule has 1 rings (SSSR count). The first-order valence-corrected chi connectivity index (χ1v) is 5.34. The first-order chi connectivity index (χ1) is 6.74. The van der Waals surface area contributed by atoms with Crippen LogP contribution in [0.3, 0.4) is 0 Å². The van der Waals surface area contributed by atoms with Crippen molar-refractivity contribution in [2.75, 3.05) is 0 Å². The van der Waals surface area contributed by atoms with Gasteiger partial charge in [-0.15, -0.1) is 0 Å². The Kier molecular flexibility index (Phi) is 4.60. The molecule has 0 saturated carbocycles. The van der Waals surface area contributed by atoms with Gasteiger partial charge in [0.25, 0.3) is 0 Å². The number of carbonyl (C=O) groups excluding carboxylic acids is 1. The fraction of sp³-hybridized carbons (Fsp3) is 0.583. The third-order valence-electron chi connectivity index (χ3n) is 2.44. The van der Waals surface area contributed by atoms with Crippen LogP contribution in [0.25, 0.3) is 0 Å². The normalized spacial score (nSPS) is 21.1. The molecule has 0 heterocycles. The Morgan fingerprint density at radius 3 is 2.71 bits per heavy atom. The Labute approximate surface area is 85.3 Å². The lowest BCUT2D eigenvalue weighted by molar-refractivity contribution is -0.120. The second-order valence-corrected chi connectivity index (χ2v) is 3.73. The molecular formula is C12H18O2. The third-order valence-corrected chi connectivity index (χ3v) is 2.44. The molecule has 1 atom stereocenters. The molecule has 0 amide bonds. The van der Waals surface area contributed by atoms with Crippen molar-refractivity contribution < 1.29 is 9.90 Å². The molecule has 0 radical (unpaired) electrons. The van der Waals surface area contributed by atoms with Crippen molar-refractivity contribution in [3.63, 3.8) is 0 Å². The summed E-state index contributed by atoms with van der Waals surface area (Å²) in [6.07, 6.45) is 9.89. The third kappa shape index (κ3) is 3.46. The lowest BCUT2D eigenvalue weighted by Gasteiger charge is -2.10. The smallest absolute Gasteiger partial charge is 0.188 e. The average molecular weight is 194 g/mol. The summed E-state index contributed by atoms with van der Waals surface area (Å²) < 4.78 is 0. The summed E-state index contributed by atoms with van der Waals surface area (Å²) in [6, 6.07) is 0. The number of hydrogen-bond donors (Lipinski definition) is 1. The molecule has 2 nitrogen and oxygen atoms in total. The Hall–Kier alpha value is -0.890.